The molecule has 0 aromatic carbocycles. The maximum absolute atomic E-state index is 4.72. The summed E-state index contributed by atoms with van der Waals surface area (Å²) in [5.41, 5.74) is 2.69. The molecule has 3 aromatic heterocycles. The molecule has 1 aliphatic rings. The van der Waals surface area contributed by atoms with E-state index in [4.69, 9.17) is 4.98 Å². The van der Waals surface area contributed by atoms with Crippen LogP contribution in [0.5, 0.6) is 0 Å². The lowest BCUT2D eigenvalue weighted by Gasteiger charge is -2.28. The number of rotatable bonds is 3. The molecule has 3 aromatic rings. The van der Waals surface area contributed by atoms with Crippen LogP contribution in [0.4, 0.5) is 5.82 Å². The first-order chi connectivity index (χ1) is 11.3. The van der Waals surface area contributed by atoms with Gasteiger partial charge >= 0.3 is 0 Å². The summed E-state index contributed by atoms with van der Waals surface area (Å²) in [6.45, 7) is 3.18. The number of hydrogen-bond donors (Lipinski definition) is 2. The Morgan fingerprint density at radius 3 is 3.04 bits per heavy atom. The number of aromatic nitrogens is 4. The molecule has 2 atom stereocenters. The first-order valence-electron chi connectivity index (χ1n) is 8.04. The number of piperidine rings is 1. The van der Waals surface area contributed by atoms with Crippen LogP contribution in [-0.2, 0) is 0 Å². The standard InChI is InChI=1S/C17H20N6/c1-12-5-6-13(8-19-12)21-16-11-18-9-14(22-16)15-10-20-17-4-2-3-7-23(15)17/h2-4,7,9-13,19H,5-6,8H2,1H3,(H,21,22)/t12-,13-/m1/s1. The van der Waals surface area contributed by atoms with Gasteiger partial charge in [0.25, 0.3) is 0 Å². The molecular formula is C17H20N6. The third-order valence-electron chi connectivity index (χ3n) is 4.33. The molecular weight excluding hydrogens is 288 g/mol. The zero-order chi connectivity index (χ0) is 15.6. The van der Waals surface area contributed by atoms with Crippen LogP contribution >= 0.6 is 0 Å². The first-order valence-corrected chi connectivity index (χ1v) is 8.04. The molecule has 0 unspecified atom stereocenters. The van der Waals surface area contributed by atoms with Crippen molar-refractivity contribution in [2.75, 3.05) is 11.9 Å². The van der Waals surface area contributed by atoms with Crippen molar-refractivity contribution in [3.63, 3.8) is 0 Å². The Hall–Kier alpha value is -2.47. The lowest BCUT2D eigenvalue weighted by Crippen LogP contribution is -2.43. The monoisotopic (exact) mass is 308 g/mol. The summed E-state index contributed by atoms with van der Waals surface area (Å²) in [4.78, 5) is 13.5. The Bertz CT molecular complexity index is 803. The first kappa shape index (κ1) is 14.1. The van der Waals surface area contributed by atoms with E-state index in [0.717, 1.165) is 35.8 Å². The topological polar surface area (TPSA) is 67.1 Å². The minimum absolute atomic E-state index is 0.401. The van der Waals surface area contributed by atoms with Crippen molar-refractivity contribution in [1.82, 2.24) is 24.7 Å². The Kier molecular flexibility index (Phi) is 3.67. The summed E-state index contributed by atoms with van der Waals surface area (Å²) >= 11 is 0. The van der Waals surface area contributed by atoms with E-state index in [9.17, 15) is 0 Å². The van der Waals surface area contributed by atoms with Crippen LogP contribution in [0.3, 0.4) is 0 Å². The van der Waals surface area contributed by atoms with Crippen molar-refractivity contribution < 1.29 is 0 Å². The average molecular weight is 308 g/mol. The van der Waals surface area contributed by atoms with Gasteiger partial charge in [-0.15, -0.1) is 0 Å². The Balaban J connectivity index is 1.59. The van der Waals surface area contributed by atoms with Gasteiger partial charge < -0.3 is 10.6 Å². The lowest BCUT2D eigenvalue weighted by molar-refractivity contribution is 0.398. The van der Waals surface area contributed by atoms with Crippen molar-refractivity contribution in [1.29, 1.82) is 0 Å². The fraction of sp³-hybridized carbons (Fsp3) is 0.353. The van der Waals surface area contributed by atoms with Gasteiger partial charge in [0.05, 0.1) is 24.3 Å². The summed E-state index contributed by atoms with van der Waals surface area (Å²) in [7, 11) is 0. The Morgan fingerprint density at radius 1 is 1.22 bits per heavy atom. The third-order valence-corrected chi connectivity index (χ3v) is 4.33. The quantitative estimate of drug-likeness (QED) is 0.777. The molecule has 0 amide bonds. The summed E-state index contributed by atoms with van der Waals surface area (Å²) in [6, 6.07) is 6.95. The minimum Gasteiger partial charge on any atom is -0.365 e. The van der Waals surface area contributed by atoms with Crippen molar-refractivity contribution in [2.45, 2.75) is 31.8 Å². The molecule has 0 saturated carbocycles. The summed E-state index contributed by atoms with van der Waals surface area (Å²) < 4.78 is 2.03. The van der Waals surface area contributed by atoms with E-state index >= 15 is 0 Å². The molecule has 23 heavy (non-hydrogen) atoms. The molecule has 4 rings (SSSR count). The maximum Gasteiger partial charge on any atom is 0.145 e. The predicted octanol–water partition coefficient (Wildman–Crippen LogP) is 2.34. The number of fused-ring (bicyclic) bond motifs is 1. The van der Waals surface area contributed by atoms with Crippen LogP contribution in [0.15, 0.2) is 43.0 Å². The minimum atomic E-state index is 0.401. The van der Waals surface area contributed by atoms with Crippen LogP contribution < -0.4 is 10.6 Å². The highest BCUT2D eigenvalue weighted by Crippen LogP contribution is 2.20. The predicted molar refractivity (Wildman–Crippen MR) is 90.3 cm³/mol. The second-order valence-electron chi connectivity index (χ2n) is 6.09. The van der Waals surface area contributed by atoms with E-state index in [1.165, 1.54) is 6.42 Å². The summed E-state index contributed by atoms with van der Waals surface area (Å²) in [5.74, 6) is 0.815. The zero-order valence-corrected chi connectivity index (χ0v) is 13.1. The number of imidazole rings is 1. The molecule has 0 radical (unpaired) electrons. The molecule has 0 spiro atoms. The smallest absolute Gasteiger partial charge is 0.145 e. The Labute approximate surface area is 135 Å². The highest BCUT2D eigenvalue weighted by Gasteiger charge is 2.18. The third kappa shape index (κ3) is 2.90. The van der Waals surface area contributed by atoms with Crippen molar-refractivity contribution in [3.8, 4) is 11.4 Å². The molecule has 1 saturated heterocycles. The van der Waals surface area contributed by atoms with Crippen LogP contribution in [-0.4, -0.2) is 38.0 Å². The number of nitrogens with zero attached hydrogens (tertiary/aromatic N) is 4. The van der Waals surface area contributed by atoms with Crippen molar-refractivity contribution >= 4 is 11.5 Å². The van der Waals surface area contributed by atoms with E-state index in [2.05, 4.69) is 27.5 Å². The summed E-state index contributed by atoms with van der Waals surface area (Å²) in [5, 5.41) is 6.98. The van der Waals surface area contributed by atoms with Gasteiger partial charge in [-0.05, 0) is 31.9 Å². The molecule has 1 aliphatic heterocycles. The molecule has 0 bridgehead atoms. The van der Waals surface area contributed by atoms with Gasteiger partial charge in [-0.1, -0.05) is 6.07 Å². The molecule has 0 aliphatic carbocycles. The highest BCUT2D eigenvalue weighted by molar-refractivity contribution is 5.60. The van der Waals surface area contributed by atoms with Crippen molar-refractivity contribution in [2.24, 2.45) is 0 Å². The molecule has 4 heterocycles. The van der Waals surface area contributed by atoms with Crippen LogP contribution in [0.25, 0.3) is 17.0 Å². The lowest BCUT2D eigenvalue weighted by atomic mass is 10.0. The van der Waals surface area contributed by atoms with Gasteiger partial charge in [-0.3, -0.25) is 9.38 Å². The fourth-order valence-electron chi connectivity index (χ4n) is 3.01. The van der Waals surface area contributed by atoms with Crippen LogP contribution in [0.2, 0.25) is 0 Å². The number of hydrogen-bond acceptors (Lipinski definition) is 5. The second kappa shape index (κ2) is 5.96. The number of nitrogens with one attached hydrogen (secondary N) is 2. The van der Waals surface area contributed by atoms with E-state index in [-0.39, 0.29) is 0 Å². The normalized spacial score (nSPS) is 21.4. The number of anilines is 1. The maximum atomic E-state index is 4.72. The molecule has 118 valence electrons. The van der Waals surface area contributed by atoms with Crippen molar-refractivity contribution in [3.05, 3.63) is 43.0 Å². The second-order valence-corrected chi connectivity index (χ2v) is 6.09. The van der Waals surface area contributed by atoms with E-state index in [0.29, 0.717) is 12.1 Å². The van der Waals surface area contributed by atoms with Crippen LogP contribution in [0, 0.1) is 0 Å². The van der Waals surface area contributed by atoms with Gasteiger partial charge in [0.1, 0.15) is 17.2 Å². The van der Waals surface area contributed by atoms with Gasteiger partial charge in [-0.25, -0.2) is 9.97 Å². The molecule has 2 N–H and O–H groups in total. The SMILES string of the molecule is C[C@@H]1CC[C@@H](Nc2cncc(-c3cnc4ccccn34)n2)CN1. The van der Waals surface area contributed by atoms with Gasteiger partial charge in [0.2, 0.25) is 0 Å². The van der Waals surface area contributed by atoms with E-state index < -0.39 is 0 Å². The van der Waals surface area contributed by atoms with Crippen LogP contribution in [0.1, 0.15) is 19.8 Å². The zero-order valence-electron chi connectivity index (χ0n) is 13.1. The molecule has 6 heteroatoms. The summed E-state index contributed by atoms with van der Waals surface area (Å²) in [6.07, 6.45) is 9.72. The highest BCUT2D eigenvalue weighted by atomic mass is 15.1. The van der Waals surface area contributed by atoms with E-state index in [1.807, 2.05) is 35.0 Å². The van der Waals surface area contributed by atoms with Gasteiger partial charge in [0.15, 0.2) is 0 Å². The van der Waals surface area contributed by atoms with Gasteiger partial charge in [-0.2, -0.15) is 0 Å². The van der Waals surface area contributed by atoms with E-state index in [1.54, 1.807) is 12.4 Å². The number of pyridine rings is 1. The fourth-order valence-corrected chi connectivity index (χ4v) is 3.01. The Morgan fingerprint density at radius 2 is 2.17 bits per heavy atom. The molecule has 1 fully saturated rings. The average Bonchev–Trinajstić information content (AvgIpc) is 3.01. The molecule has 6 nitrogen and oxygen atoms in total. The van der Waals surface area contributed by atoms with Gasteiger partial charge in [0, 0.05) is 24.8 Å². The largest absolute Gasteiger partial charge is 0.365 e.